The first-order valence-corrected chi connectivity index (χ1v) is 10.9. The van der Waals surface area contributed by atoms with E-state index in [0.717, 1.165) is 12.8 Å². The fourth-order valence-electron chi connectivity index (χ4n) is 4.17. The van der Waals surface area contributed by atoms with Gasteiger partial charge in [-0.15, -0.1) is 0 Å². The standard InChI is InChI=1S/C21H25ClN6O4/c1-27-19(16(11-24-27)21(31)25-17-7-4-14(22)10-23-17)26-20(30)13-2-5-15(6-3-13)28-8-9-32-12-18(28)29/h4,7,10-11,13,15H,2-3,5-6,8-9,12H2,1H3,(H,26,30)(H,23,25,31). The van der Waals surface area contributed by atoms with Crippen LogP contribution in [0.3, 0.4) is 0 Å². The quantitative estimate of drug-likeness (QED) is 0.705. The number of morpholine rings is 1. The first-order valence-electron chi connectivity index (χ1n) is 10.6. The monoisotopic (exact) mass is 460 g/mol. The second-order valence-electron chi connectivity index (χ2n) is 7.98. The van der Waals surface area contributed by atoms with Gasteiger partial charge in [-0.1, -0.05) is 11.6 Å². The molecule has 0 bridgehead atoms. The van der Waals surface area contributed by atoms with Crippen LogP contribution in [0.25, 0.3) is 0 Å². The molecule has 2 aromatic heterocycles. The highest BCUT2D eigenvalue weighted by Crippen LogP contribution is 2.30. The molecule has 4 rings (SSSR count). The van der Waals surface area contributed by atoms with Gasteiger partial charge in [0.2, 0.25) is 11.8 Å². The number of nitrogens with zero attached hydrogens (tertiary/aromatic N) is 4. The van der Waals surface area contributed by atoms with Crippen LogP contribution in [0.1, 0.15) is 36.0 Å². The van der Waals surface area contributed by atoms with E-state index < -0.39 is 5.91 Å². The molecule has 2 aromatic rings. The lowest BCUT2D eigenvalue weighted by atomic mass is 9.84. The number of pyridine rings is 1. The number of amides is 3. The van der Waals surface area contributed by atoms with Gasteiger partial charge in [-0.25, -0.2) is 4.98 Å². The molecular weight excluding hydrogens is 436 g/mol. The third-order valence-electron chi connectivity index (χ3n) is 5.92. The van der Waals surface area contributed by atoms with Crippen LogP contribution in [0, 0.1) is 5.92 Å². The van der Waals surface area contributed by atoms with Crippen LogP contribution in [0.2, 0.25) is 5.02 Å². The summed E-state index contributed by atoms with van der Waals surface area (Å²) in [5.41, 5.74) is 0.241. The van der Waals surface area contributed by atoms with Gasteiger partial charge in [-0.2, -0.15) is 5.10 Å². The number of hydrogen-bond acceptors (Lipinski definition) is 6. The van der Waals surface area contributed by atoms with Crippen LogP contribution < -0.4 is 10.6 Å². The molecule has 0 spiro atoms. The minimum Gasteiger partial charge on any atom is -0.370 e. The molecule has 11 heteroatoms. The van der Waals surface area contributed by atoms with Crippen molar-refractivity contribution in [1.29, 1.82) is 0 Å². The number of ether oxygens (including phenoxy) is 1. The predicted octanol–water partition coefficient (Wildman–Crippen LogP) is 2.08. The van der Waals surface area contributed by atoms with Crippen molar-refractivity contribution >= 4 is 41.0 Å². The van der Waals surface area contributed by atoms with Crippen LogP contribution in [-0.2, 0) is 21.4 Å². The largest absolute Gasteiger partial charge is 0.370 e. The van der Waals surface area contributed by atoms with Crippen molar-refractivity contribution in [2.24, 2.45) is 13.0 Å². The van der Waals surface area contributed by atoms with E-state index >= 15 is 0 Å². The summed E-state index contributed by atoms with van der Waals surface area (Å²) in [6, 6.07) is 3.36. The molecule has 2 aliphatic rings. The predicted molar refractivity (Wildman–Crippen MR) is 117 cm³/mol. The van der Waals surface area contributed by atoms with E-state index in [9.17, 15) is 14.4 Å². The maximum Gasteiger partial charge on any atom is 0.262 e. The molecule has 1 aliphatic heterocycles. The van der Waals surface area contributed by atoms with Crippen LogP contribution in [-0.4, -0.2) is 63.2 Å². The van der Waals surface area contributed by atoms with E-state index in [4.69, 9.17) is 16.3 Å². The summed E-state index contributed by atoms with van der Waals surface area (Å²) in [5, 5.41) is 10.1. The Morgan fingerprint density at radius 3 is 2.62 bits per heavy atom. The van der Waals surface area contributed by atoms with Gasteiger partial charge in [0.25, 0.3) is 5.91 Å². The first kappa shape index (κ1) is 22.2. The summed E-state index contributed by atoms with van der Waals surface area (Å²) in [6.45, 7) is 1.30. The number of aromatic nitrogens is 3. The molecule has 2 N–H and O–H groups in total. The van der Waals surface area contributed by atoms with Crippen molar-refractivity contribution in [3.8, 4) is 0 Å². The van der Waals surface area contributed by atoms with Gasteiger partial charge >= 0.3 is 0 Å². The van der Waals surface area contributed by atoms with Crippen molar-refractivity contribution in [3.05, 3.63) is 35.1 Å². The Labute approximate surface area is 190 Å². The van der Waals surface area contributed by atoms with Crippen molar-refractivity contribution in [2.45, 2.75) is 31.7 Å². The van der Waals surface area contributed by atoms with Crippen molar-refractivity contribution in [1.82, 2.24) is 19.7 Å². The molecule has 170 valence electrons. The number of halogens is 1. The Kier molecular flexibility index (Phi) is 6.71. The molecule has 3 heterocycles. The Balaban J connectivity index is 1.36. The van der Waals surface area contributed by atoms with E-state index in [2.05, 4.69) is 20.7 Å². The lowest BCUT2D eigenvalue weighted by molar-refractivity contribution is -0.146. The molecule has 1 saturated carbocycles. The first-order chi connectivity index (χ1) is 15.4. The lowest BCUT2D eigenvalue weighted by Gasteiger charge is -2.38. The molecule has 1 aliphatic carbocycles. The minimum atomic E-state index is -0.433. The Hall–Kier alpha value is -2.98. The average Bonchev–Trinajstić information content (AvgIpc) is 3.16. The minimum absolute atomic E-state index is 0.0184. The number of nitrogens with one attached hydrogen (secondary N) is 2. The second-order valence-corrected chi connectivity index (χ2v) is 8.42. The van der Waals surface area contributed by atoms with Gasteiger partial charge in [0, 0.05) is 31.7 Å². The highest BCUT2D eigenvalue weighted by atomic mass is 35.5. The number of anilines is 2. The van der Waals surface area contributed by atoms with E-state index in [1.807, 2.05) is 4.90 Å². The number of rotatable bonds is 5. The molecule has 32 heavy (non-hydrogen) atoms. The van der Waals surface area contributed by atoms with Crippen molar-refractivity contribution in [3.63, 3.8) is 0 Å². The summed E-state index contributed by atoms with van der Waals surface area (Å²) in [4.78, 5) is 43.6. The zero-order valence-electron chi connectivity index (χ0n) is 17.7. The molecule has 10 nitrogen and oxygen atoms in total. The molecule has 3 amide bonds. The molecule has 0 atom stereocenters. The zero-order valence-corrected chi connectivity index (χ0v) is 18.5. The SMILES string of the molecule is Cn1ncc(C(=O)Nc2ccc(Cl)cn2)c1NC(=O)C1CCC(N2CCOCC2=O)CC1. The van der Waals surface area contributed by atoms with Crippen LogP contribution in [0.4, 0.5) is 11.6 Å². The number of aryl methyl sites for hydroxylation is 1. The zero-order chi connectivity index (χ0) is 22.7. The van der Waals surface area contributed by atoms with E-state index in [-0.39, 0.29) is 35.9 Å². The summed E-state index contributed by atoms with van der Waals surface area (Å²) in [7, 11) is 1.66. The fraction of sp³-hybridized carbons (Fsp3) is 0.476. The van der Waals surface area contributed by atoms with Gasteiger partial charge in [-0.3, -0.25) is 19.1 Å². The highest BCUT2D eigenvalue weighted by molar-refractivity contribution is 6.30. The second kappa shape index (κ2) is 9.66. The molecule has 2 fully saturated rings. The van der Waals surface area contributed by atoms with Gasteiger partial charge < -0.3 is 20.3 Å². The van der Waals surface area contributed by atoms with Gasteiger partial charge in [0.1, 0.15) is 23.8 Å². The maximum atomic E-state index is 12.9. The normalized spacial score (nSPS) is 21.3. The number of carbonyl (C=O) groups excluding carboxylic acids is 3. The van der Waals surface area contributed by atoms with Crippen molar-refractivity contribution < 1.29 is 19.1 Å². The fourth-order valence-corrected chi connectivity index (χ4v) is 4.28. The Morgan fingerprint density at radius 1 is 1.16 bits per heavy atom. The van der Waals surface area contributed by atoms with E-state index in [1.165, 1.54) is 17.1 Å². The summed E-state index contributed by atoms with van der Waals surface area (Å²) in [5.74, 6) is -0.0868. The third-order valence-corrected chi connectivity index (χ3v) is 6.15. The number of hydrogen-bond donors (Lipinski definition) is 2. The molecular formula is C21H25ClN6O4. The Bertz CT molecular complexity index is 1000. The topological polar surface area (TPSA) is 118 Å². The molecule has 0 unspecified atom stereocenters. The number of carbonyl (C=O) groups is 3. The summed E-state index contributed by atoms with van der Waals surface area (Å²) in [6.07, 6.45) is 5.73. The lowest BCUT2D eigenvalue weighted by Crippen LogP contribution is -2.49. The van der Waals surface area contributed by atoms with E-state index in [1.54, 1.807) is 19.2 Å². The summed E-state index contributed by atoms with van der Waals surface area (Å²) < 4.78 is 6.66. The van der Waals surface area contributed by atoms with E-state index in [0.29, 0.717) is 42.7 Å². The maximum absolute atomic E-state index is 12.9. The molecule has 0 aromatic carbocycles. The third kappa shape index (κ3) is 4.91. The highest BCUT2D eigenvalue weighted by Gasteiger charge is 2.33. The Morgan fingerprint density at radius 2 is 1.94 bits per heavy atom. The smallest absolute Gasteiger partial charge is 0.262 e. The van der Waals surface area contributed by atoms with Crippen LogP contribution in [0.15, 0.2) is 24.5 Å². The van der Waals surface area contributed by atoms with Crippen LogP contribution in [0.5, 0.6) is 0 Å². The molecule has 1 saturated heterocycles. The van der Waals surface area contributed by atoms with Crippen molar-refractivity contribution in [2.75, 3.05) is 30.4 Å². The van der Waals surface area contributed by atoms with Gasteiger partial charge in [0.05, 0.1) is 17.8 Å². The average molecular weight is 461 g/mol. The summed E-state index contributed by atoms with van der Waals surface area (Å²) >= 11 is 5.82. The molecule has 0 radical (unpaired) electrons. The van der Waals surface area contributed by atoms with Crippen LogP contribution >= 0.6 is 11.6 Å². The van der Waals surface area contributed by atoms with Gasteiger partial charge in [0.15, 0.2) is 0 Å². The van der Waals surface area contributed by atoms with Gasteiger partial charge in [-0.05, 0) is 37.8 Å².